The van der Waals surface area contributed by atoms with Gasteiger partial charge >= 0.3 is 0 Å². The van der Waals surface area contributed by atoms with Crippen molar-refractivity contribution in [2.24, 2.45) is 5.92 Å². The second-order valence-electron chi connectivity index (χ2n) is 7.11. The number of carbonyl (C=O) groups is 1. The maximum absolute atomic E-state index is 12.7. The van der Waals surface area contributed by atoms with Crippen molar-refractivity contribution in [3.05, 3.63) is 28.1 Å². The lowest BCUT2D eigenvalue weighted by atomic mass is 9.97. The summed E-state index contributed by atoms with van der Waals surface area (Å²) in [5, 5.41) is 5.40. The number of carbonyl (C=O) groups excluding carboxylic acids is 1. The molecular formula is C18H24N4O3S3. The molecule has 4 rings (SSSR count). The molecule has 0 unspecified atom stereocenters. The van der Waals surface area contributed by atoms with E-state index in [1.807, 2.05) is 0 Å². The molecule has 0 atom stereocenters. The number of piperidine rings is 1. The van der Waals surface area contributed by atoms with Crippen molar-refractivity contribution in [3.63, 3.8) is 0 Å². The lowest BCUT2D eigenvalue weighted by molar-refractivity contribution is -0.120. The Morgan fingerprint density at radius 1 is 1.32 bits per heavy atom. The third-order valence-electron chi connectivity index (χ3n) is 5.40. The number of thiophene rings is 1. The normalized spacial score (nSPS) is 19.5. The number of hydrogen-bond donors (Lipinski definition) is 1. The Morgan fingerprint density at radius 2 is 2.11 bits per heavy atom. The van der Waals surface area contributed by atoms with Crippen molar-refractivity contribution < 1.29 is 13.2 Å². The molecule has 0 saturated carbocycles. The van der Waals surface area contributed by atoms with E-state index < -0.39 is 10.0 Å². The van der Waals surface area contributed by atoms with Gasteiger partial charge in [0.2, 0.25) is 5.91 Å². The molecule has 0 spiro atoms. The van der Waals surface area contributed by atoms with Gasteiger partial charge in [0.05, 0.1) is 5.69 Å². The fourth-order valence-corrected chi connectivity index (χ4v) is 7.34. The first-order valence-electron chi connectivity index (χ1n) is 9.53. The summed E-state index contributed by atoms with van der Waals surface area (Å²) in [7, 11) is -3.43. The first kappa shape index (κ1) is 20.0. The topological polar surface area (TPSA) is 82.6 Å². The van der Waals surface area contributed by atoms with E-state index in [9.17, 15) is 13.2 Å². The molecule has 4 heterocycles. The summed E-state index contributed by atoms with van der Waals surface area (Å²) < 4.78 is 27.1. The van der Waals surface area contributed by atoms with Crippen molar-refractivity contribution in [1.82, 2.24) is 14.2 Å². The van der Waals surface area contributed by atoms with E-state index >= 15 is 0 Å². The number of thiazole rings is 1. The Morgan fingerprint density at radius 3 is 2.79 bits per heavy atom. The molecule has 1 amide bonds. The van der Waals surface area contributed by atoms with Gasteiger partial charge in [0.15, 0.2) is 5.13 Å². The molecule has 0 aromatic carbocycles. The first-order valence-corrected chi connectivity index (χ1v) is 12.7. The lowest BCUT2D eigenvalue weighted by Crippen LogP contribution is -2.41. The van der Waals surface area contributed by atoms with Crippen LogP contribution in [0, 0.1) is 5.92 Å². The lowest BCUT2D eigenvalue weighted by Gasteiger charge is -2.29. The van der Waals surface area contributed by atoms with Gasteiger partial charge in [0, 0.05) is 43.4 Å². The van der Waals surface area contributed by atoms with Crippen LogP contribution in [0.15, 0.2) is 21.7 Å². The van der Waals surface area contributed by atoms with E-state index in [4.69, 9.17) is 0 Å². The average Bonchev–Trinajstić information content (AvgIpc) is 3.37. The third-order valence-corrected chi connectivity index (χ3v) is 9.67. The number of hydrogen-bond acceptors (Lipinski definition) is 7. The van der Waals surface area contributed by atoms with Crippen molar-refractivity contribution in [2.45, 2.75) is 36.9 Å². The van der Waals surface area contributed by atoms with Gasteiger partial charge in [0.25, 0.3) is 10.0 Å². The van der Waals surface area contributed by atoms with E-state index in [2.05, 4.69) is 22.1 Å². The van der Waals surface area contributed by atoms with Crippen LogP contribution in [0.1, 0.15) is 30.3 Å². The summed E-state index contributed by atoms with van der Waals surface area (Å²) in [5.74, 6) is -0.227. The van der Waals surface area contributed by atoms with Gasteiger partial charge in [-0.2, -0.15) is 4.31 Å². The summed E-state index contributed by atoms with van der Waals surface area (Å²) in [6.45, 7) is 5.83. The van der Waals surface area contributed by atoms with Crippen molar-refractivity contribution in [2.75, 3.05) is 31.5 Å². The predicted molar refractivity (Wildman–Crippen MR) is 111 cm³/mol. The molecule has 2 aromatic rings. The quantitative estimate of drug-likeness (QED) is 0.773. The molecule has 2 aromatic heterocycles. The Hall–Kier alpha value is -1.33. The first-order chi connectivity index (χ1) is 13.5. The number of fused-ring (bicyclic) bond motifs is 1. The van der Waals surface area contributed by atoms with Crippen LogP contribution in [-0.4, -0.2) is 54.7 Å². The number of amides is 1. The van der Waals surface area contributed by atoms with Crippen LogP contribution in [0.2, 0.25) is 0 Å². The highest BCUT2D eigenvalue weighted by atomic mass is 32.2. The number of likely N-dealkylation sites (N-methyl/N-ethyl adjacent to an activating group) is 1. The Labute approximate surface area is 173 Å². The summed E-state index contributed by atoms with van der Waals surface area (Å²) in [5.41, 5.74) is 1.10. The zero-order valence-electron chi connectivity index (χ0n) is 15.8. The van der Waals surface area contributed by atoms with Gasteiger partial charge in [-0.25, -0.2) is 13.4 Å². The molecule has 1 N–H and O–H groups in total. The number of rotatable bonds is 5. The second-order valence-corrected chi connectivity index (χ2v) is 11.3. The minimum absolute atomic E-state index is 0.0494. The minimum atomic E-state index is -3.43. The third kappa shape index (κ3) is 4.02. The molecule has 0 radical (unpaired) electrons. The van der Waals surface area contributed by atoms with Crippen LogP contribution in [0.4, 0.5) is 5.13 Å². The highest BCUT2D eigenvalue weighted by Crippen LogP contribution is 2.30. The van der Waals surface area contributed by atoms with Gasteiger partial charge < -0.3 is 5.32 Å². The maximum Gasteiger partial charge on any atom is 0.252 e. The van der Waals surface area contributed by atoms with E-state index in [-0.39, 0.29) is 11.8 Å². The Balaban J connectivity index is 1.34. The van der Waals surface area contributed by atoms with E-state index in [1.54, 1.807) is 28.8 Å². The van der Waals surface area contributed by atoms with Gasteiger partial charge in [0.1, 0.15) is 4.21 Å². The zero-order chi connectivity index (χ0) is 19.7. The standard InChI is InChI=1S/C18H24N4O3S3/c1-2-21-8-7-14-15(12-21)27-18(19-14)20-17(23)13-5-9-22(10-6-13)28(24,25)16-4-3-11-26-16/h3-4,11,13H,2,5-10,12H2,1H3,(H,19,20,23). The summed E-state index contributed by atoms with van der Waals surface area (Å²) >= 11 is 2.79. The highest BCUT2D eigenvalue weighted by Gasteiger charge is 2.33. The number of nitrogens with one attached hydrogen (secondary N) is 1. The molecule has 0 bridgehead atoms. The zero-order valence-corrected chi connectivity index (χ0v) is 18.2. The number of nitrogens with zero attached hydrogens (tertiary/aromatic N) is 3. The van der Waals surface area contributed by atoms with Crippen LogP contribution in [0.5, 0.6) is 0 Å². The molecular weight excluding hydrogens is 416 g/mol. The minimum Gasteiger partial charge on any atom is -0.302 e. The largest absolute Gasteiger partial charge is 0.302 e. The van der Waals surface area contributed by atoms with Gasteiger partial charge in [-0.05, 0) is 30.8 Å². The van der Waals surface area contributed by atoms with Crippen LogP contribution in [-0.2, 0) is 27.8 Å². The van der Waals surface area contributed by atoms with Crippen LogP contribution < -0.4 is 5.32 Å². The van der Waals surface area contributed by atoms with Crippen molar-refractivity contribution >= 4 is 43.7 Å². The number of anilines is 1. The molecule has 7 nitrogen and oxygen atoms in total. The molecule has 152 valence electrons. The van der Waals surface area contributed by atoms with Gasteiger partial charge in [-0.3, -0.25) is 9.69 Å². The van der Waals surface area contributed by atoms with Gasteiger partial charge in [-0.1, -0.05) is 13.0 Å². The maximum atomic E-state index is 12.7. The predicted octanol–water partition coefficient (Wildman–Crippen LogP) is 2.62. The molecule has 1 fully saturated rings. The fourth-order valence-electron chi connectivity index (χ4n) is 3.68. The van der Waals surface area contributed by atoms with E-state index in [0.717, 1.165) is 31.7 Å². The Bertz CT molecular complexity index is 931. The second kappa shape index (κ2) is 8.19. The number of sulfonamides is 1. The SMILES string of the molecule is CCN1CCc2nc(NC(=O)C3CCN(S(=O)(=O)c4cccs4)CC3)sc2C1. The Kier molecular flexibility index (Phi) is 5.84. The molecule has 0 aliphatic carbocycles. The van der Waals surface area contributed by atoms with Crippen molar-refractivity contribution in [3.8, 4) is 0 Å². The highest BCUT2D eigenvalue weighted by molar-refractivity contribution is 7.91. The summed E-state index contributed by atoms with van der Waals surface area (Å²) in [6.07, 6.45) is 1.99. The smallest absolute Gasteiger partial charge is 0.252 e. The van der Waals surface area contributed by atoms with Gasteiger partial charge in [-0.15, -0.1) is 22.7 Å². The van der Waals surface area contributed by atoms with Crippen molar-refractivity contribution in [1.29, 1.82) is 0 Å². The van der Waals surface area contributed by atoms with Crippen LogP contribution >= 0.6 is 22.7 Å². The summed E-state index contributed by atoms with van der Waals surface area (Å²) in [4.78, 5) is 20.9. The van der Waals surface area contributed by atoms with Crippen LogP contribution in [0.3, 0.4) is 0 Å². The molecule has 1 saturated heterocycles. The van der Waals surface area contributed by atoms with E-state index in [0.29, 0.717) is 35.3 Å². The average molecular weight is 441 g/mol. The monoisotopic (exact) mass is 440 g/mol. The fraction of sp³-hybridized carbons (Fsp3) is 0.556. The molecule has 2 aliphatic heterocycles. The summed E-state index contributed by atoms with van der Waals surface area (Å²) in [6, 6.07) is 3.37. The molecule has 10 heteroatoms. The molecule has 28 heavy (non-hydrogen) atoms. The van der Waals surface area contributed by atoms with Crippen LogP contribution in [0.25, 0.3) is 0 Å². The molecule has 2 aliphatic rings. The number of aromatic nitrogens is 1. The van der Waals surface area contributed by atoms with E-state index in [1.165, 1.54) is 20.5 Å².